The lowest BCUT2D eigenvalue weighted by atomic mass is 10.1. The first-order chi connectivity index (χ1) is 11.2. The molecule has 1 unspecified atom stereocenters. The van der Waals surface area contributed by atoms with Crippen LogP contribution in [0.2, 0.25) is 0 Å². The van der Waals surface area contributed by atoms with Crippen LogP contribution in [0.5, 0.6) is 0 Å². The van der Waals surface area contributed by atoms with Crippen molar-refractivity contribution >= 4 is 5.97 Å². The van der Waals surface area contributed by atoms with Crippen molar-refractivity contribution in [1.29, 1.82) is 0 Å². The van der Waals surface area contributed by atoms with Gasteiger partial charge in [-0.25, -0.2) is 0 Å². The third-order valence-electron chi connectivity index (χ3n) is 3.92. The monoisotopic (exact) mass is 323 g/mol. The minimum Gasteiger partial charge on any atom is -0.481 e. The number of hydrogen-bond donors (Lipinski definition) is 1. The van der Waals surface area contributed by atoms with Crippen molar-refractivity contribution < 1.29 is 9.90 Å². The van der Waals surface area contributed by atoms with Gasteiger partial charge in [0.05, 0.1) is 0 Å². The summed E-state index contributed by atoms with van der Waals surface area (Å²) in [7, 11) is 0. The molecule has 0 fully saturated rings. The topological polar surface area (TPSA) is 86.1 Å². The Morgan fingerprint density at radius 3 is 2.09 bits per heavy atom. The predicted octanol–water partition coefficient (Wildman–Crippen LogP) is 6.40. The SMILES string of the molecule is CC(CCCCCC/C=C\CCCCCCCC(=O)O)N=[N+]=[N-]. The van der Waals surface area contributed by atoms with Crippen molar-refractivity contribution in [2.24, 2.45) is 5.11 Å². The van der Waals surface area contributed by atoms with E-state index in [1.54, 1.807) is 0 Å². The van der Waals surface area contributed by atoms with Gasteiger partial charge in [-0.05, 0) is 44.1 Å². The van der Waals surface area contributed by atoms with E-state index in [4.69, 9.17) is 10.6 Å². The van der Waals surface area contributed by atoms with Crippen LogP contribution >= 0.6 is 0 Å². The van der Waals surface area contributed by atoms with Gasteiger partial charge in [-0.1, -0.05) is 62.7 Å². The first kappa shape index (κ1) is 21.5. The first-order valence-electron chi connectivity index (χ1n) is 9.07. The lowest BCUT2D eigenvalue weighted by Crippen LogP contribution is -1.95. The van der Waals surface area contributed by atoms with Crippen LogP contribution in [-0.2, 0) is 4.79 Å². The summed E-state index contributed by atoms with van der Waals surface area (Å²) < 4.78 is 0. The fraction of sp³-hybridized carbons (Fsp3) is 0.833. The number of unbranched alkanes of at least 4 members (excludes halogenated alkanes) is 9. The van der Waals surface area contributed by atoms with E-state index in [9.17, 15) is 4.79 Å². The highest BCUT2D eigenvalue weighted by molar-refractivity contribution is 5.66. The summed E-state index contributed by atoms with van der Waals surface area (Å²) in [4.78, 5) is 13.2. The molecular formula is C18H33N3O2. The van der Waals surface area contributed by atoms with Crippen LogP contribution in [0.3, 0.4) is 0 Å². The maximum Gasteiger partial charge on any atom is 0.303 e. The Hall–Kier alpha value is -1.48. The molecule has 1 atom stereocenters. The third kappa shape index (κ3) is 18.5. The smallest absolute Gasteiger partial charge is 0.303 e. The second-order valence-corrected chi connectivity index (χ2v) is 6.22. The van der Waals surface area contributed by atoms with Gasteiger partial charge in [0, 0.05) is 17.4 Å². The van der Waals surface area contributed by atoms with Crippen LogP contribution < -0.4 is 0 Å². The number of hydrogen-bond acceptors (Lipinski definition) is 2. The number of carboxylic acid groups (broad SMARTS) is 1. The number of allylic oxidation sites excluding steroid dienone is 2. The molecule has 0 radical (unpaired) electrons. The highest BCUT2D eigenvalue weighted by atomic mass is 16.4. The maximum atomic E-state index is 10.3. The van der Waals surface area contributed by atoms with E-state index < -0.39 is 5.97 Å². The van der Waals surface area contributed by atoms with Crippen molar-refractivity contribution in [1.82, 2.24) is 0 Å². The van der Waals surface area contributed by atoms with Crippen LogP contribution in [0.25, 0.3) is 10.4 Å². The summed E-state index contributed by atoms with van der Waals surface area (Å²) in [6.07, 6.45) is 18.4. The Labute approximate surface area is 140 Å². The molecule has 5 heteroatoms. The Kier molecular flexibility index (Phi) is 15.8. The molecule has 0 aliphatic rings. The molecule has 0 aromatic carbocycles. The Morgan fingerprint density at radius 2 is 1.52 bits per heavy atom. The largest absolute Gasteiger partial charge is 0.481 e. The summed E-state index contributed by atoms with van der Waals surface area (Å²) in [5.74, 6) is -0.682. The molecule has 0 aromatic rings. The van der Waals surface area contributed by atoms with Crippen molar-refractivity contribution in [2.75, 3.05) is 0 Å². The molecule has 132 valence electrons. The molecule has 0 amide bonds. The van der Waals surface area contributed by atoms with Crippen LogP contribution in [0, 0.1) is 0 Å². The average Bonchev–Trinajstić information content (AvgIpc) is 2.51. The number of nitrogens with zero attached hydrogens (tertiary/aromatic N) is 3. The van der Waals surface area contributed by atoms with Gasteiger partial charge in [-0.2, -0.15) is 0 Å². The van der Waals surface area contributed by atoms with E-state index in [0.717, 1.165) is 44.9 Å². The minimum absolute atomic E-state index is 0.129. The normalized spacial score (nSPS) is 12.2. The fourth-order valence-electron chi connectivity index (χ4n) is 2.51. The summed E-state index contributed by atoms with van der Waals surface area (Å²) in [5.41, 5.74) is 8.30. The van der Waals surface area contributed by atoms with E-state index in [1.807, 2.05) is 6.92 Å². The molecule has 0 aliphatic carbocycles. The summed E-state index contributed by atoms with van der Waals surface area (Å²) in [5, 5.41) is 12.2. The highest BCUT2D eigenvalue weighted by Crippen LogP contribution is 2.11. The highest BCUT2D eigenvalue weighted by Gasteiger charge is 1.97. The van der Waals surface area contributed by atoms with Gasteiger partial charge < -0.3 is 5.11 Å². The molecule has 23 heavy (non-hydrogen) atoms. The van der Waals surface area contributed by atoms with Crippen LogP contribution in [0.1, 0.15) is 90.4 Å². The first-order valence-corrected chi connectivity index (χ1v) is 9.07. The van der Waals surface area contributed by atoms with Crippen LogP contribution in [0.4, 0.5) is 0 Å². The van der Waals surface area contributed by atoms with E-state index >= 15 is 0 Å². The third-order valence-corrected chi connectivity index (χ3v) is 3.92. The van der Waals surface area contributed by atoms with E-state index in [0.29, 0.717) is 6.42 Å². The van der Waals surface area contributed by atoms with Gasteiger partial charge >= 0.3 is 5.97 Å². The molecule has 0 rings (SSSR count). The Balaban J connectivity index is 3.20. The lowest BCUT2D eigenvalue weighted by Gasteiger charge is -2.03. The molecule has 5 nitrogen and oxygen atoms in total. The van der Waals surface area contributed by atoms with Gasteiger partial charge in [0.15, 0.2) is 0 Å². The molecule has 0 heterocycles. The molecule has 1 N–H and O–H groups in total. The lowest BCUT2D eigenvalue weighted by molar-refractivity contribution is -0.137. The number of aliphatic carboxylic acids is 1. The minimum atomic E-state index is -0.682. The number of azide groups is 1. The van der Waals surface area contributed by atoms with Crippen molar-refractivity contribution in [3.8, 4) is 0 Å². The quantitative estimate of drug-likeness (QED) is 0.117. The van der Waals surface area contributed by atoms with Gasteiger partial charge in [-0.3, -0.25) is 4.79 Å². The standard InChI is InChI=1S/C18H33N3O2/c1-17(20-21-19)15-13-11-9-7-5-3-2-4-6-8-10-12-14-16-18(22)23/h2-3,17H,4-16H2,1H3,(H,22,23)/b3-2-. The number of rotatable bonds is 16. The molecular weight excluding hydrogens is 290 g/mol. The number of carbonyl (C=O) groups is 1. The Morgan fingerprint density at radius 1 is 1.00 bits per heavy atom. The molecule has 0 spiro atoms. The van der Waals surface area contributed by atoms with E-state index in [2.05, 4.69) is 22.2 Å². The van der Waals surface area contributed by atoms with Crippen LogP contribution in [0.15, 0.2) is 17.3 Å². The van der Waals surface area contributed by atoms with Crippen LogP contribution in [-0.4, -0.2) is 17.1 Å². The summed E-state index contributed by atoms with van der Waals surface area (Å²) in [6.45, 7) is 1.97. The van der Waals surface area contributed by atoms with Gasteiger partial charge in [0.1, 0.15) is 0 Å². The zero-order valence-electron chi connectivity index (χ0n) is 14.6. The predicted molar refractivity (Wildman–Crippen MR) is 95.4 cm³/mol. The van der Waals surface area contributed by atoms with Gasteiger partial charge in [0.2, 0.25) is 0 Å². The molecule has 0 saturated heterocycles. The average molecular weight is 323 g/mol. The van der Waals surface area contributed by atoms with Crippen molar-refractivity contribution in [2.45, 2.75) is 96.4 Å². The second-order valence-electron chi connectivity index (χ2n) is 6.22. The zero-order valence-corrected chi connectivity index (χ0v) is 14.6. The summed E-state index contributed by atoms with van der Waals surface area (Å²) >= 11 is 0. The fourth-order valence-corrected chi connectivity index (χ4v) is 2.51. The van der Waals surface area contributed by atoms with Gasteiger partial charge in [0.25, 0.3) is 0 Å². The Bertz CT molecular complexity index is 363. The van der Waals surface area contributed by atoms with Crippen molar-refractivity contribution in [3.63, 3.8) is 0 Å². The molecule has 0 saturated carbocycles. The number of carboxylic acids is 1. The maximum absolute atomic E-state index is 10.3. The van der Waals surface area contributed by atoms with Crippen molar-refractivity contribution in [3.05, 3.63) is 22.6 Å². The van der Waals surface area contributed by atoms with E-state index in [1.165, 1.54) is 32.1 Å². The van der Waals surface area contributed by atoms with Gasteiger partial charge in [-0.15, -0.1) is 0 Å². The molecule has 0 aliphatic heterocycles. The molecule has 0 bridgehead atoms. The summed E-state index contributed by atoms with van der Waals surface area (Å²) in [6, 6.07) is 0.129. The zero-order chi connectivity index (χ0) is 17.2. The second kappa shape index (κ2) is 16.9. The van der Waals surface area contributed by atoms with E-state index in [-0.39, 0.29) is 6.04 Å². The molecule has 0 aromatic heterocycles.